The molecule has 1 aliphatic carbocycles. The topological polar surface area (TPSA) is 132 Å². The van der Waals surface area contributed by atoms with Gasteiger partial charge in [0.25, 0.3) is 0 Å². The highest BCUT2D eigenvalue weighted by Crippen LogP contribution is 2.34. The average Bonchev–Trinajstić information content (AvgIpc) is 3.57. The highest BCUT2D eigenvalue weighted by atomic mass is 16.5. The molecule has 37 heavy (non-hydrogen) atoms. The molecule has 0 radical (unpaired) electrons. The summed E-state index contributed by atoms with van der Waals surface area (Å²) >= 11 is 0. The number of para-hydroxylation sites is 1. The molecule has 202 valence electrons. The second-order valence-corrected chi connectivity index (χ2v) is 10.3. The molecule has 3 unspecified atom stereocenters. The van der Waals surface area contributed by atoms with Crippen LogP contribution in [0.1, 0.15) is 46.5 Å². The zero-order valence-corrected chi connectivity index (χ0v) is 22.4. The van der Waals surface area contributed by atoms with Gasteiger partial charge in [0.05, 0.1) is 25.6 Å². The van der Waals surface area contributed by atoms with E-state index in [1.807, 2.05) is 6.07 Å². The van der Waals surface area contributed by atoms with E-state index in [2.05, 4.69) is 42.2 Å². The Balaban J connectivity index is 0.00000112. The number of rotatable bonds is 8. The summed E-state index contributed by atoms with van der Waals surface area (Å²) < 4.78 is 4.61. The molecule has 0 bridgehead atoms. The molecule has 10 heteroatoms. The summed E-state index contributed by atoms with van der Waals surface area (Å²) in [5.74, 6) is -0.399. The zero-order chi connectivity index (χ0) is 27.5. The summed E-state index contributed by atoms with van der Waals surface area (Å²) in [6.45, 7) is 6.34. The maximum Gasteiger partial charge on any atom is 0.407 e. The molecule has 1 aromatic carbocycles. The fraction of sp³-hybridized carbons (Fsp3) is 0.593. The van der Waals surface area contributed by atoms with Gasteiger partial charge in [0, 0.05) is 19.3 Å². The van der Waals surface area contributed by atoms with Crippen LogP contribution in [-0.2, 0) is 19.1 Å². The second-order valence-electron chi connectivity index (χ2n) is 10.3. The van der Waals surface area contributed by atoms with Crippen molar-refractivity contribution in [2.24, 2.45) is 17.8 Å². The van der Waals surface area contributed by atoms with Gasteiger partial charge in [-0.25, -0.2) is 4.79 Å². The maximum absolute atomic E-state index is 12.9. The monoisotopic (exact) mass is 513 g/mol. The minimum absolute atomic E-state index is 0.101. The summed E-state index contributed by atoms with van der Waals surface area (Å²) in [5.41, 5.74) is 0.644. The van der Waals surface area contributed by atoms with Crippen molar-refractivity contribution in [2.75, 3.05) is 32.6 Å². The number of hydrogen-bond donors (Lipinski definition) is 2. The minimum atomic E-state index is -0.780. The summed E-state index contributed by atoms with van der Waals surface area (Å²) in [7, 11) is 2.71. The number of likely N-dealkylation sites (tertiary alicyclic amines) is 1. The predicted octanol–water partition coefficient (Wildman–Crippen LogP) is 3.01. The lowest BCUT2D eigenvalue weighted by molar-refractivity contribution is -0.140. The van der Waals surface area contributed by atoms with E-state index in [9.17, 15) is 24.4 Å². The van der Waals surface area contributed by atoms with Gasteiger partial charge in [-0.05, 0) is 36.8 Å². The number of alkyl carbamates (subject to hydrolysis) is 1. The zero-order valence-electron chi connectivity index (χ0n) is 22.4. The number of carbonyl (C=O) groups is 4. The highest BCUT2D eigenvalue weighted by Gasteiger charge is 2.40. The third kappa shape index (κ3) is 9.75. The van der Waals surface area contributed by atoms with Crippen LogP contribution in [0, 0.1) is 29.1 Å². The molecular weight excluding hydrogens is 474 g/mol. The molecule has 1 saturated heterocycles. The highest BCUT2D eigenvalue weighted by molar-refractivity contribution is 5.94. The number of methoxy groups -OCH3 is 1. The summed E-state index contributed by atoms with van der Waals surface area (Å²) in [6, 6.07) is 9.53. The van der Waals surface area contributed by atoms with Gasteiger partial charge in [0.15, 0.2) is 0 Å². The largest absolute Gasteiger partial charge is 0.453 e. The van der Waals surface area contributed by atoms with E-state index in [0.29, 0.717) is 18.0 Å². The summed E-state index contributed by atoms with van der Waals surface area (Å²) in [5, 5.41) is 14.9. The molecule has 4 amide bonds. The molecule has 3 rings (SSSR count). The van der Waals surface area contributed by atoms with Gasteiger partial charge in [-0.3, -0.25) is 14.4 Å². The van der Waals surface area contributed by atoms with E-state index in [4.69, 9.17) is 0 Å². The molecule has 0 aromatic heterocycles. The van der Waals surface area contributed by atoms with Crippen LogP contribution < -0.4 is 10.6 Å². The van der Waals surface area contributed by atoms with Crippen LogP contribution in [0.5, 0.6) is 0 Å². The molecule has 2 N–H and O–H groups in total. The molecule has 2 fully saturated rings. The quantitative estimate of drug-likeness (QED) is 0.549. The van der Waals surface area contributed by atoms with Crippen LogP contribution in [0.15, 0.2) is 30.3 Å². The summed E-state index contributed by atoms with van der Waals surface area (Å²) in [6.07, 6.45) is 2.01. The molecule has 1 aromatic rings. The number of nitriles is 1. The fourth-order valence-corrected chi connectivity index (χ4v) is 3.94. The number of likely N-dealkylation sites (N-methyl/N-ethyl adjacent to an activating group) is 1. The van der Waals surface area contributed by atoms with Gasteiger partial charge in [-0.2, -0.15) is 5.26 Å². The van der Waals surface area contributed by atoms with Gasteiger partial charge in [-0.1, -0.05) is 51.8 Å². The number of benzene rings is 1. The van der Waals surface area contributed by atoms with Crippen molar-refractivity contribution in [3.05, 3.63) is 30.3 Å². The van der Waals surface area contributed by atoms with Crippen LogP contribution in [0.2, 0.25) is 0 Å². The van der Waals surface area contributed by atoms with Crippen LogP contribution in [0.4, 0.5) is 10.5 Å². The van der Waals surface area contributed by atoms with E-state index < -0.39 is 35.9 Å². The standard InChI is InChI=1S/C23H29N5O5.C4H10/c1-27(22(31)19(10-15-8-9-15)26-23(32)33-2)14-20(29)28-13-16(11-18(28)12-24)21(30)25-17-6-4-3-5-7-17;1-4(2)3/h3-7,15-16,18-19H,8-11,13-14H2,1-2H3,(H,25,30)(H,26,32);4H,1-3H3. The molecule has 1 aliphatic heterocycles. The Hall–Kier alpha value is -3.61. The van der Waals surface area contributed by atoms with E-state index in [1.165, 1.54) is 24.0 Å². The first-order valence-electron chi connectivity index (χ1n) is 12.7. The van der Waals surface area contributed by atoms with Gasteiger partial charge >= 0.3 is 6.09 Å². The lowest BCUT2D eigenvalue weighted by Gasteiger charge is -2.27. The van der Waals surface area contributed by atoms with Crippen LogP contribution in [-0.4, -0.2) is 72.9 Å². The first-order valence-corrected chi connectivity index (χ1v) is 12.7. The van der Waals surface area contributed by atoms with E-state index in [-0.39, 0.29) is 25.4 Å². The van der Waals surface area contributed by atoms with Crippen LogP contribution >= 0.6 is 0 Å². The van der Waals surface area contributed by atoms with Crippen molar-refractivity contribution >= 4 is 29.5 Å². The van der Waals surface area contributed by atoms with Crippen molar-refractivity contribution < 1.29 is 23.9 Å². The van der Waals surface area contributed by atoms with Crippen molar-refractivity contribution in [3.8, 4) is 6.07 Å². The lowest BCUT2D eigenvalue weighted by Crippen LogP contribution is -2.50. The normalized spacial score (nSPS) is 19.1. The van der Waals surface area contributed by atoms with Crippen molar-refractivity contribution in [2.45, 2.75) is 58.5 Å². The van der Waals surface area contributed by atoms with Crippen LogP contribution in [0.25, 0.3) is 0 Å². The van der Waals surface area contributed by atoms with Gasteiger partial charge in [0.2, 0.25) is 17.7 Å². The molecule has 2 aliphatic rings. The number of nitrogens with one attached hydrogen (secondary N) is 2. The Bertz CT molecular complexity index is 970. The third-order valence-corrected chi connectivity index (χ3v) is 5.97. The van der Waals surface area contributed by atoms with Crippen molar-refractivity contribution in [1.82, 2.24) is 15.1 Å². The average molecular weight is 514 g/mol. The molecule has 0 spiro atoms. The lowest BCUT2D eigenvalue weighted by atomic mass is 10.1. The van der Waals surface area contributed by atoms with Crippen molar-refractivity contribution in [3.63, 3.8) is 0 Å². The number of ether oxygens (including phenoxy) is 1. The number of nitrogens with zero attached hydrogens (tertiary/aromatic N) is 3. The van der Waals surface area contributed by atoms with E-state index >= 15 is 0 Å². The Morgan fingerprint density at radius 1 is 1.16 bits per heavy atom. The Morgan fingerprint density at radius 2 is 1.78 bits per heavy atom. The SMILES string of the molecule is CC(C)C.COC(=O)NC(CC1CC1)C(=O)N(C)CC(=O)N1CC(C(=O)Nc2ccccc2)CC1C#N. The number of hydrogen-bond acceptors (Lipinski definition) is 6. The predicted molar refractivity (Wildman–Crippen MR) is 139 cm³/mol. The second kappa shape index (κ2) is 14.2. The number of carbonyl (C=O) groups excluding carboxylic acids is 4. The van der Waals surface area contributed by atoms with Gasteiger partial charge < -0.3 is 25.2 Å². The number of amides is 4. The van der Waals surface area contributed by atoms with E-state index in [1.54, 1.807) is 24.3 Å². The molecular formula is C27H39N5O5. The maximum atomic E-state index is 12.9. The smallest absolute Gasteiger partial charge is 0.407 e. The van der Waals surface area contributed by atoms with Crippen LogP contribution in [0.3, 0.4) is 0 Å². The first kappa shape index (κ1) is 29.6. The van der Waals surface area contributed by atoms with E-state index in [0.717, 1.165) is 18.8 Å². The summed E-state index contributed by atoms with van der Waals surface area (Å²) in [4.78, 5) is 52.7. The van der Waals surface area contributed by atoms with Gasteiger partial charge in [-0.15, -0.1) is 0 Å². The Labute approximate surface area is 219 Å². The van der Waals surface area contributed by atoms with Gasteiger partial charge in [0.1, 0.15) is 12.1 Å². The molecule has 1 heterocycles. The Morgan fingerprint density at radius 3 is 2.32 bits per heavy atom. The molecule has 10 nitrogen and oxygen atoms in total. The molecule has 3 atom stereocenters. The third-order valence-electron chi connectivity index (χ3n) is 5.97. The fourth-order valence-electron chi connectivity index (χ4n) is 3.94. The number of anilines is 1. The minimum Gasteiger partial charge on any atom is -0.453 e. The Kier molecular flexibility index (Phi) is 11.4. The molecule has 1 saturated carbocycles. The van der Waals surface area contributed by atoms with Crippen molar-refractivity contribution in [1.29, 1.82) is 5.26 Å². The first-order chi connectivity index (χ1) is 17.5.